The van der Waals surface area contributed by atoms with Gasteiger partial charge in [0.05, 0.1) is 41.7 Å². The van der Waals surface area contributed by atoms with Crippen LogP contribution in [0.4, 0.5) is 11.4 Å². The summed E-state index contributed by atoms with van der Waals surface area (Å²) in [6.45, 7) is 5.19. The molecule has 4 amide bonds. The van der Waals surface area contributed by atoms with Gasteiger partial charge in [0.25, 0.3) is 0 Å². The summed E-state index contributed by atoms with van der Waals surface area (Å²) in [4.78, 5) is 72.0. The number of nitrogens with zero attached hydrogens (tertiary/aromatic N) is 2. The van der Waals surface area contributed by atoms with Gasteiger partial charge in [-0.3, -0.25) is 29.0 Å². The Labute approximate surface area is 241 Å². The fourth-order valence-electron chi connectivity index (χ4n) is 7.50. The second-order valence-electron chi connectivity index (χ2n) is 10.6. The zero-order chi connectivity index (χ0) is 28.0. The average molecular weight is 656 g/mol. The Balaban J connectivity index is 1.54. The summed E-state index contributed by atoms with van der Waals surface area (Å²) < 4.78 is 6.99. The molecule has 2 heterocycles. The van der Waals surface area contributed by atoms with Crippen LogP contribution >= 0.6 is 31.9 Å². The van der Waals surface area contributed by atoms with Gasteiger partial charge in [0.1, 0.15) is 0 Å². The van der Waals surface area contributed by atoms with Crippen LogP contribution < -0.4 is 9.80 Å². The summed E-state index contributed by atoms with van der Waals surface area (Å²) in [5.41, 5.74) is 0.153. The number of esters is 1. The lowest BCUT2D eigenvalue weighted by atomic mass is 9.43. The van der Waals surface area contributed by atoms with Crippen molar-refractivity contribution in [2.24, 2.45) is 35.0 Å². The molecule has 0 radical (unpaired) electrons. The number of imide groups is 2. The summed E-state index contributed by atoms with van der Waals surface area (Å²) >= 11 is 6.75. The first kappa shape index (κ1) is 26.1. The van der Waals surface area contributed by atoms with Crippen LogP contribution in [0.3, 0.4) is 0 Å². The second-order valence-corrected chi connectivity index (χ2v) is 12.4. The van der Waals surface area contributed by atoms with E-state index >= 15 is 0 Å². The highest BCUT2D eigenvalue weighted by molar-refractivity contribution is 9.10. The Bertz CT molecular complexity index is 1410. The molecule has 2 aliphatic heterocycles. The van der Waals surface area contributed by atoms with Gasteiger partial charge in [-0.1, -0.05) is 44.4 Å². The van der Waals surface area contributed by atoms with Crippen molar-refractivity contribution in [3.8, 4) is 0 Å². The highest BCUT2D eigenvalue weighted by atomic mass is 79.9. The molecule has 6 atom stereocenters. The van der Waals surface area contributed by atoms with Gasteiger partial charge in [0.2, 0.25) is 23.6 Å². The van der Waals surface area contributed by atoms with Gasteiger partial charge >= 0.3 is 5.97 Å². The molecule has 0 N–H and O–H groups in total. The zero-order valence-corrected chi connectivity index (χ0v) is 24.5. The number of allylic oxidation sites excluding steroid dienone is 1. The van der Waals surface area contributed by atoms with E-state index in [1.165, 1.54) is 0 Å². The number of hydrogen-bond acceptors (Lipinski definition) is 6. The highest BCUT2D eigenvalue weighted by Crippen LogP contribution is 2.68. The first-order valence-electron chi connectivity index (χ1n) is 12.7. The van der Waals surface area contributed by atoms with E-state index in [1.54, 1.807) is 69.3 Å². The van der Waals surface area contributed by atoms with E-state index in [4.69, 9.17) is 4.74 Å². The van der Waals surface area contributed by atoms with Crippen molar-refractivity contribution in [3.63, 3.8) is 0 Å². The quantitative estimate of drug-likeness (QED) is 0.351. The molecule has 5 aliphatic rings. The summed E-state index contributed by atoms with van der Waals surface area (Å²) in [5.74, 6) is -6.98. The van der Waals surface area contributed by atoms with Gasteiger partial charge in [0, 0.05) is 25.9 Å². The monoisotopic (exact) mass is 654 g/mol. The van der Waals surface area contributed by atoms with Gasteiger partial charge in [-0.2, -0.15) is 0 Å². The smallest absolute Gasteiger partial charge is 0.334 e. The van der Waals surface area contributed by atoms with Gasteiger partial charge < -0.3 is 4.74 Å². The standard InChI is InChI=1S/C29H24Br2N2O6/c1-4-39-28(38)21-13(2)18-19-22(26(36)32(24(19)34)16-9-5-14(30)6-10-16)29(21,3)23-20(18)25(35)33(27(23)37)17-11-7-15(31)8-12-17/h5-12,18-20,22-23H,4H2,1-3H3/t18?,19-,20-,22-,23+,29?/m1/s1. The third-order valence-corrected chi connectivity index (χ3v) is 9.91. The molecule has 3 aliphatic carbocycles. The van der Waals surface area contributed by atoms with Crippen LogP contribution in [-0.4, -0.2) is 36.2 Å². The Kier molecular flexibility index (Phi) is 6.00. The van der Waals surface area contributed by atoms with E-state index in [-0.39, 0.29) is 12.2 Å². The van der Waals surface area contributed by atoms with Crippen molar-refractivity contribution in [1.29, 1.82) is 0 Å². The molecule has 0 spiro atoms. The SMILES string of the molecule is CCOC(=O)C1=C(C)C2[C@H]3C(=O)N(c4ccc(Br)cc4)C(=O)[C@H]3C1(C)[C@H]1C(=O)N(c3ccc(Br)cc3)C(=O)[C@H]21. The number of amides is 4. The van der Waals surface area contributed by atoms with Crippen molar-refractivity contribution in [3.05, 3.63) is 68.6 Å². The molecule has 7 rings (SSSR count). The number of rotatable bonds is 4. The molecule has 2 saturated heterocycles. The lowest BCUT2D eigenvalue weighted by molar-refractivity contribution is -0.155. The number of hydrogen-bond donors (Lipinski definition) is 0. The third kappa shape index (κ3) is 3.37. The van der Waals surface area contributed by atoms with Crippen molar-refractivity contribution in [1.82, 2.24) is 0 Å². The minimum absolute atomic E-state index is 0.105. The molecule has 10 heteroatoms. The fraction of sp³-hybridized carbons (Fsp3) is 0.345. The van der Waals surface area contributed by atoms with E-state index in [0.717, 1.165) is 18.7 Å². The molecular weight excluding hydrogens is 632 g/mol. The normalized spacial score (nSPS) is 31.3. The molecule has 2 unspecified atom stereocenters. The van der Waals surface area contributed by atoms with Crippen molar-refractivity contribution >= 4 is 72.8 Å². The van der Waals surface area contributed by atoms with E-state index in [0.29, 0.717) is 16.9 Å². The van der Waals surface area contributed by atoms with E-state index in [1.807, 2.05) is 0 Å². The molecule has 2 aromatic carbocycles. The first-order valence-corrected chi connectivity index (χ1v) is 14.3. The molecule has 2 aromatic rings. The number of ether oxygens (including phenoxy) is 1. The highest BCUT2D eigenvalue weighted by Gasteiger charge is 2.77. The molecule has 3 fully saturated rings. The predicted molar refractivity (Wildman–Crippen MR) is 148 cm³/mol. The molecule has 0 aromatic heterocycles. The molecular formula is C29H24Br2N2O6. The molecule has 8 nitrogen and oxygen atoms in total. The Hall–Kier alpha value is -3.11. The third-order valence-electron chi connectivity index (χ3n) is 8.85. The van der Waals surface area contributed by atoms with Crippen molar-refractivity contribution in [2.75, 3.05) is 16.4 Å². The topological polar surface area (TPSA) is 101 Å². The molecule has 1 saturated carbocycles. The molecule has 2 bridgehead atoms. The maximum atomic E-state index is 14.1. The number of carbonyl (C=O) groups is 5. The average Bonchev–Trinajstić information content (AvgIpc) is 3.32. The Morgan fingerprint density at radius 3 is 1.56 bits per heavy atom. The minimum atomic E-state index is -1.42. The van der Waals surface area contributed by atoms with Crippen LogP contribution in [0.15, 0.2) is 68.6 Å². The zero-order valence-electron chi connectivity index (χ0n) is 21.3. The maximum absolute atomic E-state index is 14.1. The van der Waals surface area contributed by atoms with Crippen molar-refractivity contribution in [2.45, 2.75) is 20.8 Å². The van der Waals surface area contributed by atoms with Crippen LogP contribution in [0.25, 0.3) is 0 Å². The van der Waals surface area contributed by atoms with E-state index < -0.39 is 64.6 Å². The summed E-state index contributed by atoms with van der Waals surface area (Å²) in [6.07, 6.45) is 0. The van der Waals surface area contributed by atoms with Crippen LogP contribution in [0.2, 0.25) is 0 Å². The Morgan fingerprint density at radius 2 is 1.18 bits per heavy atom. The largest absolute Gasteiger partial charge is 0.463 e. The van der Waals surface area contributed by atoms with Crippen LogP contribution in [0.5, 0.6) is 0 Å². The van der Waals surface area contributed by atoms with Crippen LogP contribution in [0, 0.1) is 35.0 Å². The van der Waals surface area contributed by atoms with E-state index in [2.05, 4.69) is 31.9 Å². The lowest BCUT2D eigenvalue weighted by Gasteiger charge is -2.55. The van der Waals surface area contributed by atoms with Crippen LogP contribution in [-0.2, 0) is 28.7 Å². The maximum Gasteiger partial charge on any atom is 0.334 e. The van der Waals surface area contributed by atoms with Crippen molar-refractivity contribution < 1.29 is 28.7 Å². The molecule has 39 heavy (non-hydrogen) atoms. The minimum Gasteiger partial charge on any atom is -0.463 e. The summed E-state index contributed by atoms with van der Waals surface area (Å²) in [5, 5.41) is 0. The van der Waals surface area contributed by atoms with Gasteiger partial charge in [0.15, 0.2) is 0 Å². The summed E-state index contributed by atoms with van der Waals surface area (Å²) in [7, 11) is 0. The number of anilines is 2. The number of benzene rings is 2. The van der Waals surface area contributed by atoms with E-state index in [9.17, 15) is 24.0 Å². The summed E-state index contributed by atoms with van der Waals surface area (Å²) in [6, 6.07) is 13.6. The Morgan fingerprint density at radius 1 is 0.769 bits per heavy atom. The number of halogens is 2. The van der Waals surface area contributed by atoms with Gasteiger partial charge in [-0.05, 0) is 62.4 Å². The van der Waals surface area contributed by atoms with Gasteiger partial charge in [-0.25, -0.2) is 4.79 Å². The van der Waals surface area contributed by atoms with Crippen LogP contribution in [0.1, 0.15) is 20.8 Å². The number of carbonyl (C=O) groups excluding carboxylic acids is 5. The lowest BCUT2D eigenvalue weighted by Crippen LogP contribution is -2.61. The first-order chi connectivity index (χ1) is 18.5. The fourth-order valence-corrected chi connectivity index (χ4v) is 8.03. The van der Waals surface area contributed by atoms with Gasteiger partial charge in [-0.15, -0.1) is 0 Å². The predicted octanol–water partition coefficient (Wildman–Crippen LogP) is 4.65. The second kappa shape index (κ2) is 8.96. The molecule has 200 valence electrons.